The molecule has 1 fully saturated rings. The first-order valence-corrected chi connectivity index (χ1v) is 11.1. The van der Waals surface area contributed by atoms with Crippen LogP contribution in [0.25, 0.3) is 0 Å². The maximum atomic E-state index is 12.7. The van der Waals surface area contributed by atoms with Crippen molar-refractivity contribution in [2.45, 2.75) is 52.5 Å². The van der Waals surface area contributed by atoms with Gasteiger partial charge in [0.1, 0.15) is 18.2 Å². The Balaban J connectivity index is 1.39. The van der Waals surface area contributed by atoms with Crippen molar-refractivity contribution in [3.63, 3.8) is 0 Å². The van der Waals surface area contributed by atoms with Crippen molar-refractivity contribution >= 4 is 17.5 Å². The van der Waals surface area contributed by atoms with Crippen LogP contribution in [0.15, 0.2) is 36.4 Å². The van der Waals surface area contributed by atoms with Gasteiger partial charge in [-0.1, -0.05) is 23.7 Å². The van der Waals surface area contributed by atoms with E-state index in [1.54, 1.807) is 4.68 Å². The highest BCUT2D eigenvalue weighted by molar-refractivity contribution is 6.30. The summed E-state index contributed by atoms with van der Waals surface area (Å²) in [5.41, 5.74) is 4.68. The van der Waals surface area contributed by atoms with Crippen LogP contribution in [0.4, 0.5) is 0 Å². The molecule has 7 heteroatoms. The molecule has 0 aliphatic carbocycles. The first-order chi connectivity index (χ1) is 14.9. The topological polar surface area (TPSA) is 63.9 Å². The number of hydrogen-bond donors (Lipinski definition) is 0. The predicted octanol–water partition coefficient (Wildman–Crippen LogP) is 4.25. The number of halogens is 1. The van der Waals surface area contributed by atoms with Crippen LogP contribution >= 0.6 is 11.6 Å². The van der Waals surface area contributed by atoms with E-state index >= 15 is 0 Å². The summed E-state index contributed by atoms with van der Waals surface area (Å²) < 4.78 is 1.69. The van der Waals surface area contributed by atoms with Crippen LogP contribution in [-0.4, -0.2) is 43.6 Å². The molecular formula is C24H28ClN5O. The zero-order chi connectivity index (χ0) is 22.0. The lowest BCUT2D eigenvalue weighted by molar-refractivity contribution is -0.133. The van der Waals surface area contributed by atoms with Crippen LogP contribution in [0.1, 0.15) is 52.9 Å². The minimum absolute atomic E-state index is 0.104. The number of carbonyl (C=O) groups is 1. The summed E-state index contributed by atoms with van der Waals surface area (Å²) in [5.74, 6) is 1.96. The van der Waals surface area contributed by atoms with E-state index in [1.807, 2.05) is 30.9 Å². The van der Waals surface area contributed by atoms with E-state index < -0.39 is 0 Å². The Morgan fingerprint density at radius 2 is 1.74 bits per heavy atom. The second kappa shape index (κ2) is 9.18. The summed E-state index contributed by atoms with van der Waals surface area (Å²) in [5, 5.41) is 5.06. The summed E-state index contributed by atoms with van der Waals surface area (Å²) in [6.07, 6.45) is 2.72. The van der Waals surface area contributed by atoms with Crippen LogP contribution in [0.2, 0.25) is 5.02 Å². The number of amides is 1. The third kappa shape index (κ3) is 5.31. The van der Waals surface area contributed by atoms with Gasteiger partial charge in [0, 0.05) is 35.4 Å². The van der Waals surface area contributed by atoms with Crippen molar-refractivity contribution in [3.05, 3.63) is 75.6 Å². The molecule has 1 aliphatic rings. The number of piperidine rings is 1. The lowest BCUT2D eigenvalue weighted by Gasteiger charge is -2.32. The average Bonchev–Trinajstić information content (AvgIpc) is 3.06. The first kappa shape index (κ1) is 21.5. The fourth-order valence-electron chi connectivity index (χ4n) is 4.28. The summed E-state index contributed by atoms with van der Waals surface area (Å²) in [6.45, 7) is 7.53. The maximum Gasteiger partial charge on any atom is 0.244 e. The minimum Gasteiger partial charge on any atom is -0.341 e. The van der Waals surface area contributed by atoms with Gasteiger partial charge in [-0.05, 0) is 75.4 Å². The van der Waals surface area contributed by atoms with Gasteiger partial charge in [0.2, 0.25) is 5.91 Å². The highest BCUT2D eigenvalue weighted by Crippen LogP contribution is 2.28. The quantitative estimate of drug-likeness (QED) is 0.598. The van der Waals surface area contributed by atoms with Gasteiger partial charge in [0.25, 0.3) is 0 Å². The number of likely N-dealkylation sites (tertiary alicyclic amines) is 1. The van der Waals surface area contributed by atoms with Gasteiger partial charge in [-0.3, -0.25) is 9.78 Å². The van der Waals surface area contributed by atoms with Crippen LogP contribution in [-0.2, 0) is 17.8 Å². The minimum atomic E-state index is 0.104. The molecule has 1 aromatic carbocycles. The van der Waals surface area contributed by atoms with E-state index in [-0.39, 0.29) is 12.5 Å². The largest absolute Gasteiger partial charge is 0.341 e. The molecule has 0 saturated carbocycles. The third-order valence-corrected chi connectivity index (χ3v) is 6.12. The van der Waals surface area contributed by atoms with E-state index in [2.05, 4.69) is 41.3 Å². The lowest BCUT2D eigenvalue weighted by atomic mass is 9.91. The Kier molecular flexibility index (Phi) is 6.37. The molecule has 31 heavy (non-hydrogen) atoms. The van der Waals surface area contributed by atoms with Gasteiger partial charge in [0.05, 0.1) is 0 Å². The van der Waals surface area contributed by atoms with Gasteiger partial charge in [0.15, 0.2) is 0 Å². The molecule has 0 spiro atoms. The normalized spacial score (nSPS) is 14.8. The maximum absolute atomic E-state index is 12.7. The van der Waals surface area contributed by atoms with E-state index in [9.17, 15) is 4.79 Å². The van der Waals surface area contributed by atoms with Crippen LogP contribution < -0.4 is 0 Å². The summed E-state index contributed by atoms with van der Waals surface area (Å²) >= 11 is 6.01. The van der Waals surface area contributed by atoms with Gasteiger partial charge >= 0.3 is 0 Å². The SMILES string of the molecule is Cc1cc(Cc2ccc(Cl)cc2)cc(C2CCN(C(=O)Cn3nc(C)nc3C)CC2)n1. The molecule has 0 unspecified atom stereocenters. The molecule has 2 aromatic heterocycles. The second-order valence-corrected chi connectivity index (χ2v) is 8.80. The molecule has 1 saturated heterocycles. The lowest BCUT2D eigenvalue weighted by Crippen LogP contribution is -2.40. The van der Waals surface area contributed by atoms with Crippen molar-refractivity contribution in [2.24, 2.45) is 0 Å². The fraction of sp³-hybridized carbons (Fsp3) is 0.417. The molecule has 0 N–H and O–H groups in total. The second-order valence-electron chi connectivity index (χ2n) is 8.36. The Morgan fingerprint density at radius 1 is 1.03 bits per heavy atom. The standard InChI is InChI=1S/C24H28ClN5O/c1-16-12-20(13-19-4-6-22(25)7-5-19)14-23(26-16)21-8-10-29(11-9-21)24(31)15-30-18(3)27-17(2)28-30/h4-7,12,14,21H,8-11,13,15H2,1-3H3. The molecular weight excluding hydrogens is 410 g/mol. The monoisotopic (exact) mass is 437 g/mol. The number of hydrogen-bond acceptors (Lipinski definition) is 4. The van der Waals surface area contributed by atoms with Gasteiger partial charge in [-0.15, -0.1) is 0 Å². The number of pyridine rings is 1. The van der Waals surface area contributed by atoms with Crippen molar-refractivity contribution in [2.75, 3.05) is 13.1 Å². The molecule has 4 rings (SSSR count). The molecule has 0 bridgehead atoms. The number of nitrogens with zero attached hydrogens (tertiary/aromatic N) is 5. The van der Waals surface area contributed by atoms with Gasteiger partial charge < -0.3 is 4.90 Å². The Hall–Kier alpha value is -2.73. The smallest absolute Gasteiger partial charge is 0.244 e. The highest BCUT2D eigenvalue weighted by Gasteiger charge is 2.25. The zero-order valence-corrected chi connectivity index (χ0v) is 19.1. The van der Waals surface area contributed by atoms with Crippen molar-refractivity contribution in [3.8, 4) is 0 Å². The van der Waals surface area contributed by atoms with Crippen LogP contribution in [0.5, 0.6) is 0 Å². The Morgan fingerprint density at radius 3 is 2.39 bits per heavy atom. The highest BCUT2D eigenvalue weighted by atomic mass is 35.5. The van der Waals surface area contributed by atoms with Crippen molar-refractivity contribution in [1.82, 2.24) is 24.6 Å². The summed E-state index contributed by atoms with van der Waals surface area (Å²) in [7, 11) is 0. The molecule has 3 heterocycles. The molecule has 0 radical (unpaired) electrons. The zero-order valence-electron chi connectivity index (χ0n) is 18.3. The Labute approximate surface area is 188 Å². The molecule has 0 atom stereocenters. The van der Waals surface area contributed by atoms with Crippen molar-refractivity contribution in [1.29, 1.82) is 0 Å². The number of rotatable bonds is 5. The Bertz CT molecular complexity index is 1070. The number of carbonyl (C=O) groups excluding carboxylic acids is 1. The number of aromatic nitrogens is 4. The van der Waals surface area contributed by atoms with E-state index in [0.717, 1.165) is 54.6 Å². The van der Waals surface area contributed by atoms with E-state index in [4.69, 9.17) is 16.6 Å². The first-order valence-electron chi connectivity index (χ1n) is 10.7. The number of benzene rings is 1. The van der Waals surface area contributed by atoms with E-state index in [1.165, 1.54) is 11.1 Å². The van der Waals surface area contributed by atoms with Gasteiger partial charge in [-0.2, -0.15) is 5.10 Å². The third-order valence-electron chi connectivity index (χ3n) is 5.87. The average molecular weight is 438 g/mol. The predicted molar refractivity (Wildman–Crippen MR) is 121 cm³/mol. The van der Waals surface area contributed by atoms with E-state index in [0.29, 0.717) is 11.7 Å². The summed E-state index contributed by atoms with van der Waals surface area (Å²) in [4.78, 5) is 23.8. The molecule has 1 amide bonds. The molecule has 162 valence electrons. The van der Waals surface area contributed by atoms with Gasteiger partial charge in [-0.25, -0.2) is 9.67 Å². The number of aryl methyl sites for hydroxylation is 3. The molecule has 3 aromatic rings. The summed E-state index contributed by atoms with van der Waals surface area (Å²) in [6, 6.07) is 12.4. The van der Waals surface area contributed by atoms with Crippen LogP contribution in [0.3, 0.4) is 0 Å². The molecule has 6 nitrogen and oxygen atoms in total. The van der Waals surface area contributed by atoms with Crippen molar-refractivity contribution < 1.29 is 4.79 Å². The molecule has 1 aliphatic heterocycles. The van der Waals surface area contributed by atoms with Crippen LogP contribution in [0, 0.1) is 20.8 Å². The fourth-order valence-corrected chi connectivity index (χ4v) is 4.41.